The van der Waals surface area contributed by atoms with Gasteiger partial charge in [0.25, 0.3) is 0 Å². The van der Waals surface area contributed by atoms with Crippen molar-refractivity contribution in [3.05, 3.63) is 34.3 Å². The molecule has 1 fully saturated rings. The molecule has 1 atom stereocenters. The number of ether oxygens (including phenoxy) is 1. The average molecular weight is 225 g/mol. The number of hydrogen-bond acceptors (Lipinski definition) is 6. The minimum absolute atomic E-state index is 0.304. The van der Waals surface area contributed by atoms with Gasteiger partial charge in [-0.1, -0.05) is 0 Å². The monoisotopic (exact) mass is 225 g/mol. The second-order valence-corrected chi connectivity index (χ2v) is 2.95. The van der Waals surface area contributed by atoms with Crippen LogP contribution in [0.1, 0.15) is 5.76 Å². The number of carbonyl (C=O) groups is 1. The SMILES string of the molecule is O=C1OCC([N+](=O)[O-])N1N=Cc1ccco1. The van der Waals surface area contributed by atoms with Crippen LogP contribution in [0, 0.1) is 10.1 Å². The Morgan fingerprint density at radius 3 is 3.12 bits per heavy atom. The van der Waals surface area contributed by atoms with Gasteiger partial charge in [0.05, 0.1) is 17.4 Å². The van der Waals surface area contributed by atoms with E-state index in [0.29, 0.717) is 10.8 Å². The smallest absolute Gasteiger partial charge is 0.436 e. The number of carbonyl (C=O) groups excluding carboxylic acids is 1. The maximum atomic E-state index is 11.1. The van der Waals surface area contributed by atoms with E-state index in [2.05, 4.69) is 9.84 Å². The molecule has 1 amide bonds. The van der Waals surface area contributed by atoms with Crippen LogP contribution in [-0.2, 0) is 4.74 Å². The summed E-state index contributed by atoms with van der Waals surface area (Å²) in [7, 11) is 0. The Labute approximate surface area is 89.2 Å². The molecule has 1 aromatic rings. The van der Waals surface area contributed by atoms with Crippen LogP contribution < -0.4 is 0 Å². The second-order valence-electron chi connectivity index (χ2n) is 2.95. The summed E-state index contributed by atoms with van der Waals surface area (Å²) in [4.78, 5) is 21.0. The summed E-state index contributed by atoms with van der Waals surface area (Å²) in [5, 5.41) is 14.9. The highest BCUT2D eigenvalue weighted by molar-refractivity contribution is 5.78. The maximum Gasteiger partial charge on any atom is 0.436 e. The summed E-state index contributed by atoms with van der Waals surface area (Å²) in [5.74, 6) is 0.391. The fraction of sp³-hybridized carbons (Fsp3) is 0.250. The Morgan fingerprint density at radius 1 is 1.69 bits per heavy atom. The van der Waals surface area contributed by atoms with Gasteiger partial charge in [-0.05, 0) is 12.1 Å². The average Bonchev–Trinajstić information content (AvgIpc) is 2.84. The van der Waals surface area contributed by atoms with Crippen LogP contribution >= 0.6 is 0 Å². The summed E-state index contributed by atoms with van der Waals surface area (Å²) >= 11 is 0. The van der Waals surface area contributed by atoms with E-state index in [1.54, 1.807) is 12.1 Å². The molecule has 84 valence electrons. The van der Waals surface area contributed by atoms with E-state index in [9.17, 15) is 14.9 Å². The molecule has 0 bridgehead atoms. The van der Waals surface area contributed by atoms with Gasteiger partial charge in [-0.3, -0.25) is 10.1 Å². The van der Waals surface area contributed by atoms with E-state index in [0.717, 1.165) is 0 Å². The van der Waals surface area contributed by atoms with Crippen molar-refractivity contribution in [3.63, 3.8) is 0 Å². The molecule has 0 N–H and O–H groups in total. The molecule has 0 saturated carbocycles. The van der Waals surface area contributed by atoms with E-state index in [4.69, 9.17) is 4.42 Å². The van der Waals surface area contributed by atoms with Crippen molar-refractivity contribution in [2.45, 2.75) is 6.17 Å². The number of nitrogens with zero attached hydrogens (tertiary/aromatic N) is 3. The normalized spacial score (nSPS) is 20.4. The fourth-order valence-electron chi connectivity index (χ4n) is 1.16. The van der Waals surface area contributed by atoms with Gasteiger partial charge in [-0.25, -0.2) is 4.79 Å². The first kappa shape index (κ1) is 10.1. The molecule has 0 aliphatic carbocycles. The zero-order valence-corrected chi connectivity index (χ0v) is 7.98. The molecule has 1 saturated heterocycles. The molecule has 1 aromatic heterocycles. The number of cyclic esters (lactones) is 1. The molecule has 0 spiro atoms. The Bertz CT molecular complexity index is 427. The quantitative estimate of drug-likeness (QED) is 0.427. The highest BCUT2D eigenvalue weighted by Gasteiger charge is 2.41. The largest absolute Gasteiger partial charge is 0.463 e. The van der Waals surface area contributed by atoms with Crippen molar-refractivity contribution in [3.8, 4) is 0 Å². The predicted octanol–water partition coefficient (Wildman–Crippen LogP) is 0.668. The van der Waals surface area contributed by atoms with Crippen LogP contribution in [0.4, 0.5) is 4.79 Å². The summed E-state index contributed by atoms with van der Waals surface area (Å²) in [6.07, 6.45) is 0.515. The molecule has 2 rings (SSSR count). The summed E-state index contributed by atoms with van der Waals surface area (Å²) in [6.45, 7) is -0.304. The zero-order valence-electron chi connectivity index (χ0n) is 7.98. The summed E-state index contributed by atoms with van der Waals surface area (Å²) in [5.41, 5.74) is 0. The number of rotatable bonds is 3. The number of furan rings is 1. The Morgan fingerprint density at radius 2 is 2.50 bits per heavy atom. The van der Waals surface area contributed by atoms with Gasteiger partial charge in [-0.2, -0.15) is 5.10 Å². The first-order valence-electron chi connectivity index (χ1n) is 4.35. The number of hydrazone groups is 1. The molecule has 8 heteroatoms. The number of nitro groups is 1. The highest BCUT2D eigenvalue weighted by Crippen LogP contribution is 2.13. The first-order chi connectivity index (χ1) is 7.68. The molecule has 16 heavy (non-hydrogen) atoms. The van der Waals surface area contributed by atoms with Gasteiger partial charge >= 0.3 is 12.3 Å². The Hall–Kier alpha value is -2.38. The van der Waals surface area contributed by atoms with Crippen LogP contribution in [0.5, 0.6) is 0 Å². The van der Waals surface area contributed by atoms with Crippen molar-refractivity contribution in [2.75, 3.05) is 6.61 Å². The molecule has 8 nitrogen and oxygen atoms in total. The van der Waals surface area contributed by atoms with Gasteiger partial charge in [-0.15, -0.1) is 5.01 Å². The maximum absolute atomic E-state index is 11.1. The minimum Gasteiger partial charge on any atom is -0.463 e. The van der Waals surface area contributed by atoms with Gasteiger partial charge in [0.15, 0.2) is 6.61 Å². The minimum atomic E-state index is -1.28. The van der Waals surface area contributed by atoms with Crippen LogP contribution in [0.25, 0.3) is 0 Å². The standard InChI is InChI=1S/C8H7N3O5/c12-8-10(7(5-16-8)11(13)14)9-4-6-2-1-3-15-6/h1-4,7H,5H2. The predicted molar refractivity (Wildman–Crippen MR) is 50.3 cm³/mol. The molecular formula is C8H7N3O5. The lowest BCUT2D eigenvalue weighted by molar-refractivity contribution is -0.541. The van der Waals surface area contributed by atoms with Gasteiger partial charge in [0.2, 0.25) is 0 Å². The van der Waals surface area contributed by atoms with E-state index >= 15 is 0 Å². The van der Waals surface area contributed by atoms with Crippen LogP contribution in [0.3, 0.4) is 0 Å². The van der Waals surface area contributed by atoms with Gasteiger partial charge < -0.3 is 9.15 Å². The lowest BCUT2D eigenvalue weighted by Crippen LogP contribution is -2.35. The third-order valence-electron chi connectivity index (χ3n) is 1.92. The summed E-state index contributed by atoms with van der Waals surface area (Å²) < 4.78 is 9.44. The highest BCUT2D eigenvalue weighted by atomic mass is 16.7. The Balaban J connectivity index is 2.13. The van der Waals surface area contributed by atoms with Crippen molar-refractivity contribution in [1.29, 1.82) is 0 Å². The van der Waals surface area contributed by atoms with Crippen molar-refractivity contribution < 1.29 is 18.9 Å². The summed E-state index contributed by atoms with van der Waals surface area (Å²) in [6, 6.07) is 3.24. The second kappa shape index (κ2) is 4.01. The lowest BCUT2D eigenvalue weighted by atomic mass is 10.5. The lowest BCUT2D eigenvalue weighted by Gasteiger charge is -2.07. The molecule has 1 unspecified atom stereocenters. The molecule has 0 radical (unpaired) electrons. The van der Waals surface area contributed by atoms with E-state index in [1.165, 1.54) is 12.5 Å². The molecule has 1 aliphatic heterocycles. The third-order valence-corrected chi connectivity index (χ3v) is 1.92. The van der Waals surface area contributed by atoms with Crippen molar-refractivity contribution in [1.82, 2.24) is 5.01 Å². The van der Waals surface area contributed by atoms with E-state index < -0.39 is 17.2 Å². The molecule has 2 heterocycles. The van der Waals surface area contributed by atoms with E-state index in [1.807, 2.05) is 0 Å². The topological polar surface area (TPSA) is 98.2 Å². The first-order valence-corrected chi connectivity index (χ1v) is 4.35. The fourth-order valence-corrected chi connectivity index (χ4v) is 1.16. The molecule has 0 aromatic carbocycles. The zero-order chi connectivity index (χ0) is 11.5. The number of hydrogen-bond donors (Lipinski definition) is 0. The van der Waals surface area contributed by atoms with E-state index in [-0.39, 0.29) is 6.61 Å². The van der Waals surface area contributed by atoms with Crippen molar-refractivity contribution >= 4 is 12.3 Å². The van der Waals surface area contributed by atoms with Crippen LogP contribution in [0.15, 0.2) is 27.9 Å². The van der Waals surface area contributed by atoms with Crippen LogP contribution in [0.2, 0.25) is 0 Å². The van der Waals surface area contributed by atoms with Gasteiger partial charge in [0.1, 0.15) is 5.76 Å². The van der Waals surface area contributed by atoms with Gasteiger partial charge in [0, 0.05) is 0 Å². The number of amides is 1. The molecular weight excluding hydrogens is 218 g/mol. The third kappa shape index (κ3) is 1.85. The Kier molecular flexibility index (Phi) is 2.54. The molecule has 1 aliphatic rings. The van der Waals surface area contributed by atoms with Crippen LogP contribution in [-0.4, -0.2) is 35.0 Å². The van der Waals surface area contributed by atoms with Crippen molar-refractivity contribution in [2.24, 2.45) is 5.10 Å².